The second kappa shape index (κ2) is 3.63. The Bertz CT molecular complexity index is 480. The van der Waals surface area contributed by atoms with Gasteiger partial charge in [0.1, 0.15) is 11.3 Å². The second-order valence-electron chi connectivity index (χ2n) is 5.16. The number of rotatable bonds is 2. The highest BCUT2D eigenvalue weighted by molar-refractivity contribution is 5.44. The topological polar surface area (TPSA) is 32.3 Å². The van der Waals surface area contributed by atoms with Gasteiger partial charge >= 0.3 is 6.18 Å². The van der Waals surface area contributed by atoms with Gasteiger partial charge in [0, 0.05) is 6.04 Å². The van der Waals surface area contributed by atoms with Crippen LogP contribution in [0.25, 0.3) is 0 Å². The Kier molecular flexibility index (Phi) is 2.39. The van der Waals surface area contributed by atoms with Crippen LogP contribution in [0.1, 0.15) is 36.4 Å². The Morgan fingerprint density at radius 1 is 1.28 bits per heavy atom. The second-order valence-corrected chi connectivity index (χ2v) is 5.16. The molecular weight excluding hydrogens is 243 g/mol. The molecule has 3 rings (SSSR count). The van der Waals surface area contributed by atoms with Crippen molar-refractivity contribution in [2.45, 2.75) is 43.4 Å². The van der Waals surface area contributed by atoms with E-state index in [1.165, 1.54) is 0 Å². The molecule has 1 aromatic carbocycles. The zero-order valence-corrected chi connectivity index (χ0v) is 9.72. The summed E-state index contributed by atoms with van der Waals surface area (Å²) < 4.78 is 38.7. The van der Waals surface area contributed by atoms with Gasteiger partial charge in [0.15, 0.2) is 0 Å². The molecule has 0 saturated heterocycles. The molecule has 1 unspecified atom stereocenters. The van der Waals surface area contributed by atoms with E-state index in [1.54, 1.807) is 18.2 Å². The van der Waals surface area contributed by atoms with Crippen LogP contribution in [0.4, 0.5) is 13.2 Å². The molecule has 0 spiro atoms. The first kappa shape index (κ1) is 11.8. The molecule has 1 aromatic rings. The highest BCUT2D eigenvalue weighted by Crippen LogP contribution is 2.51. The average molecular weight is 257 g/mol. The Hall–Kier alpha value is -1.23. The summed E-state index contributed by atoms with van der Waals surface area (Å²) in [5.74, 6) is 0.189. The molecule has 0 heterocycles. The molecule has 0 aliphatic heterocycles. The number of benzene rings is 1. The number of hydrogen-bond donors (Lipinski definition) is 2. The van der Waals surface area contributed by atoms with E-state index in [0.717, 1.165) is 11.1 Å². The molecular formula is C13H14F3NO. The van der Waals surface area contributed by atoms with Gasteiger partial charge < -0.3 is 5.11 Å². The van der Waals surface area contributed by atoms with Gasteiger partial charge in [0.25, 0.3) is 0 Å². The monoisotopic (exact) mass is 257 g/mol. The fraction of sp³-hybridized carbons (Fsp3) is 0.538. The molecule has 2 nitrogen and oxygen atoms in total. The van der Waals surface area contributed by atoms with Crippen LogP contribution >= 0.6 is 0 Å². The van der Waals surface area contributed by atoms with E-state index >= 15 is 0 Å². The molecule has 0 bridgehead atoms. The van der Waals surface area contributed by atoms with Crippen molar-refractivity contribution < 1.29 is 18.3 Å². The minimum Gasteiger partial charge on any atom is -0.508 e. The Balaban J connectivity index is 1.84. The van der Waals surface area contributed by atoms with Crippen LogP contribution in [0.2, 0.25) is 0 Å². The summed E-state index contributed by atoms with van der Waals surface area (Å²) in [6.45, 7) is 0. The predicted molar refractivity (Wildman–Crippen MR) is 60.3 cm³/mol. The molecule has 98 valence electrons. The molecule has 0 aromatic heterocycles. The average Bonchev–Trinajstić information content (AvgIpc) is 2.96. The Morgan fingerprint density at radius 2 is 2.00 bits per heavy atom. The summed E-state index contributed by atoms with van der Waals surface area (Å²) in [4.78, 5) is 0. The normalized spacial score (nSPS) is 24.9. The van der Waals surface area contributed by atoms with Crippen LogP contribution in [0.15, 0.2) is 18.2 Å². The van der Waals surface area contributed by atoms with E-state index in [2.05, 4.69) is 5.32 Å². The van der Waals surface area contributed by atoms with Gasteiger partial charge in [-0.2, -0.15) is 13.2 Å². The minimum atomic E-state index is -4.19. The van der Waals surface area contributed by atoms with Crippen molar-refractivity contribution in [1.82, 2.24) is 5.32 Å². The van der Waals surface area contributed by atoms with Crippen LogP contribution in [0.3, 0.4) is 0 Å². The highest BCUT2D eigenvalue weighted by Gasteiger charge is 2.64. The minimum absolute atomic E-state index is 0.154. The summed E-state index contributed by atoms with van der Waals surface area (Å²) in [6, 6.07) is 4.77. The molecule has 1 atom stereocenters. The number of hydrogen-bond acceptors (Lipinski definition) is 2. The summed E-state index contributed by atoms with van der Waals surface area (Å²) in [6.07, 6.45) is -2.63. The van der Waals surface area contributed by atoms with Crippen LogP contribution in [-0.2, 0) is 6.42 Å². The SMILES string of the molecule is Oc1cccc2c1CCC2NC1(C(F)(F)F)CC1. The molecule has 18 heavy (non-hydrogen) atoms. The van der Waals surface area contributed by atoms with Gasteiger partial charge in [-0.05, 0) is 42.9 Å². The quantitative estimate of drug-likeness (QED) is 0.853. The van der Waals surface area contributed by atoms with E-state index in [-0.39, 0.29) is 24.6 Å². The lowest BCUT2D eigenvalue weighted by atomic mass is 10.1. The van der Waals surface area contributed by atoms with Gasteiger partial charge in [-0.15, -0.1) is 0 Å². The zero-order chi connectivity index (χ0) is 13.0. The highest BCUT2D eigenvalue weighted by atomic mass is 19.4. The summed E-state index contributed by atoms with van der Waals surface area (Å²) in [5, 5.41) is 12.4. The van der Waals surface area contributed by atoms with Crippen LogP contribution in [-0.4, -0.2) is 16.8 Å². The maximum absolute atomic E-state index is 12.9. The van der Waals surface area contributed by atoms with Crippen molar-refractivity contribution in [3.05, 3.63) is 29.3 Å². The van der Waals surface area contributed by atoms with Crippen molar-refractivity contribution in [3.8, 4) is 5.75 Å². The van der Waals surface area contributed by atoms with Gasteiger partial charge in [0.2, 0.25) is 0 Å². The van der Waals surface area contributed by atoms with Gasteiger partial charge in [-0.1, -0.05) is 12.1 Å². The molecule has 0 radical (unpaired) electrons. The van der Waals surface area contributed by atoms with Crippen molar-refractivity contribution >= 4 is 0 Å². The summed E-state index contributed by atoms with van der Waals surface area (Å²) >= 11 is 0. The summed E-state index contributed by atoms with van der Waals surface area (Å²) in [5.41, 5.74) is -0.0939. The number of aromatic hydroxyl groups is 1. The Labute approximate surface area is 103 Å². The fourth-order valence-corrected chi connectivity index (χ4v) is 2.75. The maximum Gasteiger partial charge on any atom is 0.406 e. The number of phenols is 1. The molecule has 5 heteroatoms. The number of phenolic OH excluding ortho intramolecular Hbond substituents is 1. The standard InChI is InChI=1S/C13H14F3NO/c14-13(15,16)12(6-7-12)17-10-5-4-9-8(10)2-1-3-11(9)18/h1-3,10,17-18H,4-7H2. The largest absolute Gasteiger partial charge is 0.508 e. The Morgan fingerprint density at radius 3 is 2.61 bits per heavy atom. The third kappa shape index (κ3) is 1.68. The van der Waals surface area contributed by atoms with E-state index in [1.807, 2.05) is 0 Å². The van der Waals surface area contributed by atoms with Crippen molar-refractivity contribution in [3.63, 3.8) is 0 Å². The first-order chi connectivity index (χ1) is 8.43. The van der Waals surface area contributed by atoms with Gasteiger partial charge in [0.05, 0.1) is 0 Å². The molecule has 2 aliphatic carbocycles. The number of halogens is 3. The number of alkyl halides is 3. The molecule has 0 amide bonds. The van der Waals surface area contributed by atoms with Crippen LogP contribution in [0, 0.1) is 0 Å². The number of nitrogens with one attached hydrogen (secondary N) is 1. The molecule has 1 saturated carbocycles. The van der Waals surface area contributed by atoms with E-state index < -0.39 is 11.7 Å². The lowest BCUT2D eigenvalue weighted by Gasteiger charge is -2.25. The van der Waals surface area contributed by atoms with Gasteiger partial charge in [-0.3, -0.25) is 5.32 Å². The smallest absolute Gasteiger partial charge is 0.406 e. The van der Waals surface area contributed by atoms with Gasteiger partial charge in [-0.25, -0.2) is 0 Å². The number of fused-ring (bicyclic) bond motifs is 1. The third-order valence-electron chi connectivity index (χ3n) is 3.99. The van der Waals surface area contributed by atoms with Crippen molar-refractivity contribution in [2.75, 3.05) is 0 Å². The van der Waals surface area contributed by atoms with Crippen molar-refractivity contribution in [1.29, 1.82) is 0 Å². The lowest BCUT2D eigenvalue weighted by molar-refractivity contribution is -0.168. The van der Waals surface area contributed by atoms with E-state index in [9.17, 15) is 18.3 Å². The van der Waals surface area contributed by atoms with Crippen molar-refractivity contribution in [2.24, 2.45) is 0 Å². The lowest BCUT2D eigenvalue weighted by Crippen LogP contribution is -2.46. The van der Waals surface area contributed by atoms with E-state index in [4.69, 9.17) is 0 Å². The van der Waals surface area contributed by atoms with Crippen LogP contribution in [0.5, 0.6) is 5.75 Å². The molecule has 2 N–H and O–H groups in total. The zero-order valence-electron chi connectivity index (χ0n) is 9.72. The molecule has 2 aliphatic rings. The van der Waals surface area contributed by atoms with Crippen LogP contribution < -0.4 is 5.32 Å². The molecule has 1 fully saturated rings. The first-order valence-corrected chi connectivity index (χ1v) is 6.08. The predicted octanol–water partition coefficient (Wildman–Crippen LogP) is 3.06. The first-order valence-electron chi connectivity index (χ1n) is 6.08. The van der Waals surface area contributed by atoms with E-state index in [0.29, 0.717) is 12.8 Å². The third-order valence-corrected chi connectivity index (χ3v) is 3.99. The maximum atomic E-state index is 12.9. The fourth-order valence-electron chi connectivity index (χ4n) is 2.75. The summed E-state index contributed by atoms with van der Waals surface area (Å²) in [7, 11) is 0.